The lowest BCUT2D eigenvalue weighted by Crippen LogP contribution is -2.01. The van der Waals surface area contributed by atoms with Gasteiger partial charge in [-0.25, -0.2) is 4.98 Å². The van der Waals surface area contributed by atoms with Gasteiger partial charge < -0.3 is 5.32 Å². The van der Waals surface area contributed by atoms with Gasteiger partial charge in [-0.05, 0) is 38.0 Å². The maximum Gasteiger partial charge on any atom is 0.152 e. The molecule has 0 aliphatic rings. The predicted octanol–water partition coefficient (Wildman–Crippen LogP) is 4.27. The van der Waals surface area contributed by atoms with E-state index in [0.29, 0.717) is 5.15 Å². The molecule has 0 fully saturated rings. The van der Waals surface area contributed by atoms with Gasteiger partial charge >= 0.3 is 0 Å². The number of benzene rings is 1. The Labute approximate surface area is 113 Å². The molecule has 2 aromatic rings. The highest BCUT2D eigenvalue weighted by Gasteiger charge is 2.02. The number of nitrogens with one attached hydrogen (secondary N) is 1. The highest BCUT2D eigenvalue weighted by molar-refractivity contribution is 6.31. The van der Waals surface area contributed by atoms with Crippen molar-refractivity contribution in [1.29, 1.82) is 0 Å². The molecule has 0 bridgehead atoms. The number of halogens is 1. The van der Waals surface area contributed by atoms with Crippen LogP contribution >= 0.6 is 11.6 Å². The smallest absolute Gasteiger partial charge is 0.152 e. The minimum absolute atomic E-state index is 0.518. The van der Waals surface area contributed by atoms with Gasteiger partial charge in [0.1, 0.15) is 0 Å². The Hall–Kier alpha value is -1.54. The third-order valence-corrected chi connectivity index (χ3v) is 3.04. The summed E-state index contributed by atoms with van der Waals surface area (Å²) in [6.07, 6.45) is 1.77. The fourth-order valence-corrected chi connectivity index (χ4v) is 2.21. The second-order valence-electron chi connectivity index (χ2n) is 4.70. The van der Waals surface area contributed by atoms with Gasteiger partial charge in [0.25, 0.3) is 0 Å². The lowest BCUT2D eigenvalue weighted by molar-refractivity contribution is 1.12. The third kappa shape index (κ3) is 3.23. The van der Waals surface area contributed by atoms with E-state index in [-0.39, 0.29) is 0 Å². The van der Waals surface area contributed by atoms with Crippen molar-refractivity contribution in [2.24, 2.45) is 0 Å². The first-order chi connectivity index (χ1) is 8.54. The summed E-state index contributed by atoms with van der Waals surface area (Å²) in [5.74, 6) is 0. The molecule has 0 unspecified atom stereocenters. The number of pyridine rings is 1. The molecule has 0 saturated carbocycles. The largest absolute Gasteiger partial charge is 0.378 e. The van der Waals surface area contributed by atoms with Crippen molar-refractivity contribution in [2.75, 3.05) is 5.32 Å². The van der Waals surface area contributed by atoms with Crippen LogP contribution in [0.1, 0.15) is 22.3 Å². The van der Waals surface area contributed by atoms with E-state index in [4.69, 9.17) is 11.6 Å². The van der Waals surface area contributed by atoms with Gasteiger partial charge in [0.15, 0.2) is 5.15 Å². The Morgan fingerprint density at radius 3 is 2.33 bits per heavy atom. The van der Waals surface area contributed by atoms with E-state index >= 15 is 0 Å². The summed E-state index contributed by atoms with van der Waals surface area (Å²) in [6.45, 7) is 6.98. The Kier molecular flexibility index (Phi) is 3.87. The standard InChI is InChI=1S/C15H17ClN2/c1-10-4-11(2)6-13(5-10)9-17-14-7-12(3)8-18-15(14)16/h4-8,17H,9H2,1-3H3. The maximum atomic E-state index is 6.05. The fourth-order valence-electron chi connectivity index (χ4n) is 2.04. The molecule has 1 N–H and O–H groups in total. The van der Waals surface area contributed by atoms with Crippen LogP contribution in [0.15, 0.2) is 30.5 Å². The molecule has 0 spiro atoms. The average Bonchev–Trinajstić information content (AvgIpc) is 2.29. The monoisotopic (exact) mass is 260 g/mol. The van der Waals surface area contributed by atoms with Crippen LogP contribution in [0.4, 0.5) is 5.69 Å². The van der Waals surface area contributed by atoms with Gasteiger partial charge in [-0.2, -0.15) is 0 Å². The highest BCUT2D eigenvalue weighted by atomic mass is 35.5. The number of aryl methyl sites for hydroxylation is 3. The van der Waals surface area contributed by atoms with Crippen molar-refractivity contribution in [3.8, 4) is 0 Å². The van der Waals surface area contributed by atoms with Crippen LogP contribution < -0.4 is 5.32 Å². The molecule has 0 aliphatic heterocycles. The molecule has 1 aromatic carbocycles. The molecular formula is C15H17ClN2. The van der Waals surface area contributed by atoms with Crippen LogP contribution in [0.3, 0.4) is 0 Å². The molecule has 2 rings (SSSR count). The van der Waals surface area contributed by atoms with Crippen molar-refractivity contribution >= 4 is 17.3 Å². The molecule has 94 valence electrons. The van der Waals surface area contributed by atoms with E-state index < -0.39 is 0 Å². The minimum Gasteiger partial charge on any atom is -0.378 e. The quantitative estimate of drug-likeness (QED) is 0.834. The molecule has 1 heterocycles. The zero-order valence-electron chi connectivity index (χ0n) is 10.9. The number of nitrogens with zero attached hydrogens (tertiary/aromatic N) is 1. The highest BCUT2D eigenvalue weighted by Crippen LogP contribution is 2.21. The Balaban J connectivity index is 2.13. The second-order valence-corrected chi connectivity index (χ2v) is 5.06. The molecule has 0 amide bonds. The van der Waals surface area contributed by atoms with Crippen molar-refractivity contribution in [3.05, 3.63) is 57.9 Å². The van der Waals surface area contributed by atoms with Crippen LogP contribution in [0, 0.1) is 20.8 Å². The summed E-state index contributed by atoms with van der Waals surface area (Å²) < 4.78 is 0. The molecule has 2 nitrogen and oxygen atoms in total. The van der Waals surface area contributed by atoms with Crippen LogP contribution in [0.2, 0.25) is 5.15 Å². The van der Waals surface area contributed by atoms with Crippen LogP contribution in [-0.2, 0) is 6.54 Å². The molecule has 1 aromatic heterocycles. The summed E-state index contributed by atoms with van der Waals surface area (Å²) in [4.78, 5) is 4.13. The third-order valence-electron chi connectivity index (χ3n) is 2.74. The first-order valence-corrected chi connectivity index (χ1v) is 6.35. The zero-order valence-corrected chi connectivity index (χ0v) is 11.7. The summed E-state index contributed by atoms with van der Waals surface area (Å²) >= 11 is 6.05. The second kappa shape index (κ2) is 5.40. The van der Waals surface area contributed by atoms with Gasteiger partial charge in [-0.15, -0.1) is 0 Å². The number of rotatable bonds is 3. The van der Waals surface area contributed by atoms with Gasteiger partial charge in [0, 0.05) is 12.7 Å². The lowest BCUT2D eigenvalue weighted by atomic mass is 10.1. The van der Waals surface area contributed by atoms with Crippen LogP contribution in [0.25, 0.3) is 0 Å². The summed E-state index contributed by atoms with van der Waals surface area (Å²) in [6, 6.07) is 8.54. The van der Waals surface area contributed by atoms with Gasteiger partial charge in [0.2, 0.25) is 0 Å². The van der Waals surface area contributed by atoms with Crippen molar-refractivity contribution in [2.45, 2.75) is 27.3 Å². The zero-order chi connectivity index (χ0) is 13.1. The average molecular weight is 261 g/mol. The lowest BCUT2D eigenvalue weighted by Gasteiger charge is -2.10. The van der Waals surface area contributed by atoms with E-state index in [2.05, 4.69) is 42.3 Å². The van der Waals surface area contributed by atoms with E-state index in [1.54, 1.807) is 6.20 Å². The Bertz CT molecular complexity index is 544. The summed E-state index contributed by atoms with van der Waals surface area (Å²) in [5.41, 5.74) is 5.80. The molecule has 0 saturated heterocycles. The number of hydrogen-bond acceptors (Lipinski definition) is 2. The van der Waals surface area contributed by atoms with E-state index in [0.717, 1.165) is 17.8 Å². The minimum atomic E-state index is 0.518. The normalized spacial score (nSPS) is 10.4. The number of hydrogen-bond donors (Lipinski definition) is 1. The van der Waals surface area contributed by atoms with Crippen molar-refractivity contribution in [1.82, 2.24) is 4.98 Å². The molecule has 18 heavy (non-hydrogen) atoms. The van der Waals surface area contributed by atoms with Crippen molar-refractivity contribution < 1.29 is 0 Å². The van der Waals surface area contributed by atoms with E-state index in [1.165, 1.54) is 16.7 Å². The predicted molar refractivity (Wildman–Crippen MR) is 77.2 cm³/mol. The van der Waals surface area contributed by atoms with E-state index in [9.17, 15) is 0 Å². The van der Waals surface area contributed by atoms with Crippen molar-refractivity contribution in [3.63, 3.8) is 0 Å². The Morgan fingerprint density at radius 1 is 1.00 bits per heavy atom. The number of aromatic nitrogens is 1. The molecule has 0 atom stereocenters. The molecule has 0 aliphatic carbocycles. The van der Waals surface area contributed by atoms with Crippen LogP contribution in [-0.4, -0.2) is 4.98 Å². The van der Waals surface area contributed by atoms with Gasteiger partial charge in [-0.3, -0.25) is 0 Å². The van der Waals surface area contributed by atoms with Gasteiger partial charge in [0.05, 0.1) is 5.69 Å². The SMILES string of the molecule is Cc1cc(C)cc(CNc2cc(C)cnc2Cl)c1. The topological polar surface area (TPSA) is 24.9 Å². The first-order valence-electron chi connectivity index (χ1n) is 5.98. The Morgan fingerprint density at radius 2 is 1.67 bits per heavy atom. The molecule has 3 heteroatoms. The number of anilines is 1. The summed E-state index contributed by atoms with van der Waals surface area (Å²) in [7, 11) is 0. The first kappa shape index (κ1) is 12.9. The maximum absolute atomic E-state index is 6.05. The molecule has 0 radical (unpaired) electrons. The van der Waals surface area contributed by atoms with Gasteiger partial charge in [-0.1, -0.05) is 40.9 Å². The van der Waals surface area contributed by atoms with E-state index in [1.807, 2.05) is 13.0 Å². The van der Waals surface area contributed by atoms with Crippen LogP contribution in [0.5, 0.6) is 0 Å². The summed E-state index contributed by atoms with van der Waals surface area (Å²) in [5, 5.41) is 3.85. The fraction of sp³-hybridized carbons (Fsp3) is 0.267. The molecular weight excluding hydrogens is 244 g/mol.